The predicted molar refractivity (Wildman–Crippen MR) is 120 cm³/mol. The van der Waals surface area contributed by atoms with Crippen molar-refractivity contribution in [3.05, 3.63) is 59.7 Å². The molecule has 0 saturated heterocycles. The highest BCUT2D eigenvalue weighted by Gasteiger charge is 2.06. The van der Waals surface area contributed by atoms with Gasteiger partial charge < -0.3 is 9.47 Å². The Bertz CT molecular complexity index is 740. The third kappa shape index (κ3) is 8.99. The molecule has 0 aliphatic heterocycles. The van der Waals surface area contributed by atoms with E-state index in [2.05, 4.69) is 10.6 Å². The van der Waals surface area contributed by atoms with E-state index in [-0.39, 0.29) is 0 Å². The zero-order valence-electron chi connectivity index (χ0n) is 17.9. The van der Waals surface area contributed by atoms with Crippen molar-refractivity contribution in [2.45, 2.75) is 52.4 Å². The van der Waals surface area contributed by atoms with Gasteiger partial charge in [0, 0.05) is 11.4 Å². The number of amides is 2. The first-order valence-electron chi connectivity index (χ1n) is 10.5. The number of nitrogens with one attached hydrogen (secondary N) is 2. The fourth-order valence-electron chi connectivity index (χ4n) is 2.96. The zero-order chi connectivity index (χ0) is 21.6. The Morgan fingerprint density at radius 3 is 1.40 bits per heavy atom. The van der Waals surface area contributed by atoms with Gasteiger partial charge in [0.2, 0.25) is 0 Å². The lowest BCUT2D eigenvalue weighted by Crippen LogP contribution is -2.15. The summed E-state index contributed by atoms with van der Waals surface area (Å²) < 4.78 is 10.4. The SMILES string of the molecule is Cc1ccccc1NC(=O)OCCCCCCCCOC(=O)Nc1ccccc1C. The number of para-hydroxylation sites is 2. The van der Waals surface area contributed by atoms with E-state index in [9.17, 15) is 9.59 Å². The van der Waals surface area contributed by atoms with Gasteiger partial charge in [0.15, 0.2) is 0 Å². The van der Waals surface area contributed by atoms with E-state index in [0.29, 0.717) is 13.2 Å². The second-order valence-electron chi connectivity index (χ2n) is 7.27. The Balaban J connectivity index is 1.42. The zero-order valence-corrected chi connectivity index (χ0v) is 17.9. The summed E-state index contributed by atoms with van der Waals surface area (Å²) in [5.41, 5.74) is 3.56. The predicted octanol–water partition coefficient (Wildman–Crippen LogP) is 6.44. The summed E-state index contributed by atoms with van der Waals surface area (Å²) in [6.07, 6.45) is 5.01. The summed E-state index contributed by atoms with van der Waals surface area (Å²) in [4.78, 5) is 23.6. The second-order valence-corrected chi connectivity index (χ2v) is 7.27. The minimum atomic E-state index is -0.412. The number of benzene rings is 2. The van der Waals surface area contributed by atoms with E-state index in [1.807, 2.05) is 62.4 Å². The number of hydrogen-bond donors (Lipinski definition) is 2. The van der Waals surface area contributed by atoms with Gasteiger partial charge in [-0.25, -0.2) is 9.59 Å². The first-order chi connectivity index (χ1) is 14.6. The van der Waals surface area contributed by atoms with Crippen LogP contribution in [-0.2, 0) is 9.47 Å². The van der Waals surface area contributed by atoms with Gasteiger partial charge in [0.1, 0.15) is 0 Å². The number of carbonyl (C=O) groups is 2. The highest BCUT2D eigenvalue weighted by atomic mass is 16.6. The van der Waals surface area contributed by atoms with Gasteiger partial charge in [-0.15, -0.1) is 0 Å². The lowest BCUT2D eigenvalue weighted by atomic mass is 10.1. The highest BCUT2D eigenvalue weighted by molar-refractivity contribution is 5.86. The van der Waals surface area contributed by atoms with Gasteiger partial charge in [0.25, 0.3) is 0 Å². The van der Waals surface area contributed by atoms with Crippen LogP contribution in [0, 0.1) is 13.8 Å². The minimum Gasteiger partial charge on any atom is -0.449 e. The van der Waals surface area contributed by atoms with Crippen LogP contribution in [0.15, 0.2) is 48.5 Å². The molecule has 6 heteroatoms. The molecule has 0 aliphatic rings. The molecule has 30 heavy (non-hydrogen) atoms. The van der Waals surface area contributed by atoms with Crippen molar-refractivity contribution in [3.8, 4) is 0 Å². The van der Waals surface area contributed by atoms with E-state index in [1.54, 1.807) is 0 Å². The molecule has 6 nitrogen and oxygen atoms in total. The molecular weight excluding hydrogens is 380 g/mol. The van der Waals surface area contributed by atoms with Gasteiger partial charge in [-0.2, -0.15) is 0 Å². The van der Waals surface area contributed by atoms with Crippen molar-refractivity contribution in [1.29, 1.82) is 0 Å². The lowest BCUT2D eigenvalue weighted by molar-refractivity contribution is 0.156. The summed E-state index contributed by atoms with van der Waals surface area (Å²) in [7, 11) is 0. The van der Waals surface area contributed by atoms with Gasteiger partial charge >= 0.3 is 12.2 Å². The molecule has 2 rings (SSSR count). The number of unbranched alkanes of at least 4 members (excludes halogenated alkanes) is 5. The molecule has 0 unspecified atom stereocenters. The molecule has 2 aromatic carbocycles. The van der Waals surface area contributed by atoms with E-state index < -0.39 is 12.2 Å². The van der Waals surface area contributed by atoms with E-state index in [0.717, 1.165) is 61.0 Å². The van der Waals surface area contributed by atoms with Gasteiger partial charge in [0.05, 0.1) is 13.2 Å². The first-order valence-corrected chi connectivity index (χ1v) is 10.5. The number of hydrogen-bond acceptors (Lipinski definition) is 4. The lowest BCUT2D eigenvalue weighted by Gasteiger charge is -2.09. The van der Waals surface area contributed by atoms with Crippen molar-refractivity contribution in [2.75, 3.05) is 23.8 Å². The average Bonchev–Trinajstić information content (AvgIpc) is 2.73. The molecule has 0 fully saturated rings. The maximum Gasteiger partial charge on any atom is 0.411 e. The van der Waals surface area contributed by atoms with E-state index in [1.165, 1.54) is 0 Å². The van der Waals surface area contributed by atoms with Gasteiger partial charge in [-0.3, -0.25) is 10.6 Å². The Labute approximate surface area is 179 Å². The van der Waals surface area contributed by atoms with E-state index >= 15 is 0 Å². The highest BCUT2D eigenvalue weighted by Crippen LogP contribution is 2.14. The van der Waals surface area contributed by atoms with E-state index in [4.69, 9.17) is 9.47 Å². The fraction of sp³-hybridized carbons (Fsp3) is 0.417. The molecule has 162 valence electrons. The molecule has 0 bridgehead atoms. The van der Waals surface area contributed by atoms with Crippen LogP contribution in [0.4, 0.5) is 21.0 Å². The number of carbonyl (C=O) groups excluding carboxylic acids is 2. The third-order valence-electron chi connectivity index (χ3n) is 4.77. The summed E-state index contributed by atoms with van der Waals surface area (Å²) in [5.74, 6) is 0. The van der Waals surface area contributed by atoms with Crippen LogP contribution in [0.5, 0.6) is 0 Å². The number of aryl methyl sites for hydroxylation is 2. The van der Waals surface area contributed by atoms with Crippen LogP contribution in [-0.4, -0.2) is 25.4 Å². The molecule has 0 aromatic heterocycles. The normalized spacial score (nSPS) is 10.3. The summed E-state index contributed by atoms with van der Waals surface area (Å²) in [6.45, 7) is 4.72. The van der Waals surface area contributed by atoms with Gasteiger partial charge in [-0.1, -0.05) is 62.1 Å². The third-order valence-corrected chi connectivity index (χ3v) is 4.77. The second kappa shape index (κ2) is 13.2. The minimum absolute atomic E-state index is 0.412. The van der Waals surface area contributed by atoms with Crippen molar-refractivity contribution < 1.29 is 19.1 Å². The molecule has 0 spiro atoms. The first kappa shape index (κ1) is 23.3. The molecule has 0 heterocycles. The number of rotatable bonds is 11. The summed E-state index contributed by atoms with van der Waals surface area (Å²) in [6, 6.07) is 15.2. The quantitative estimate of drug-likeness (QED) is 0.416. The molecule has 2 aromatic rings. The molecule has 2 N–H and O–H groups in total. The monoisotopic (exact) mass is 412 g/mol. The Morgan fingerprint density at radius 1 is 0.633 bits per heavy atom. The van der Waals surface area contributed by atoms with Crippen LogP contribution in [0.1, 0.15) is 49.7 Å². The van der Waals surface area contributed by atoms with Crippen LogP contribution in [0.2, 0.25) is 0 Å². The maximum absolute atomic E-state index is 11.8. The molecular formula is C24H32N2O4. The molecule has 0 atom stereocenters. The molecule has 0 aliphatic carbocycles. The van der Waals surface area contributed by atoms with Gasteiger partial charge in [-0.05, 0) is 49.9 Å². The largest absolute Gasteiger partial charge is 0.449 e. The van der Waals surface area contributed by atoms with Crippen molar-refractivity contribution in [1.82, 2.24) is 0 Å². The van der Waals surface area contributed by atoms with Crippen LogP contribution >= 0.6 is 0 Å². The van der Waals surface area contributed by atoms with Crippen molar-refractivity contribution >= 4 is 23.6 Å². The fourth-order valence-corrected chi connectivity index (χ4v) is 2.96. The summed E-state index contributed by atoms with van der Waals surface area (Å²) in [5, 5.41) is 5.51. The van der Waals surface area contributed by atoms with Crippen LogP contribution in [0.3, 0.4) is 0 Å². The standard InChI is InChI=1S/C24H32N2O4/c1-19-13-7-9-15-21(19)25-23(27)29-17-11-5-3-4-6-12-18-30-24(28)26-22-16-10-8-14-20(22)2/h7-10,13-16H,3-6,11-12,17-18H2,1-2H3,(H,25,27)(H,26,28). The Morgan fingerprint density at radius 2 is 1.00 bits per heavy atom. The molecule has 0 radical (unpaired) electrons. The Hall–Kier alpha value is -3.02. The smallest absolute Gasteiger partial charge is 0.411 e. The topological polar surface area (TPSA) is 76.7 Å². The van der Waals surface area contributed by atoms with Crippen LogP contribution in [0.25, 0.3) is 0 Å². The summed E-state index contributed by atoms with van der Waals surface area (Å²) >= 11 is 0. The Kier molecular flexibility index (Phi) is 10.3. The molecule has 0 saturated carbocycles. The maximum atomic E-state index is 11.8. The van der Waals surface area contributed by atoms with Crippen molar-refractivity contribution in [2.24, 2.45) is 0 Å². The number of anilines is 2. The van der Waals surface area contributed by atoms with Crippen molar-refractivity contribution in [3.63, 3.8) is 0 Å². The average molecular weight is 413 g/mol. The van der Waals surface area contributed by atoms with Crippen LogP contribution < -0.4 is 10.6 Å². The number of ether oxygens (including phenoxy) is 2. The molecule has 2 amide bonds.